The lowest BCUT2D eigenvalue weighted by molar-refractivity contribution is 0.232. The van der Waals surface area contributed by atoms with Crippen LogP contribution in [0.1, 0.15) is 31.7 Å². The van der Waals surface area contributed by atoms with Gasteiger partial charge in [-0.05, 0) is 44.5 Å². The van der Waals surface area contributed by atoms with Gasteiger partial charge in [0, 0.05) is 39.1 Å². The zero-order valence-corrected chi connectivity index (χ0v) is 13.4. The molecular weight excluding hydrogens is 262 g/mol. The topological polar surface area (TPSA) is 44.6 Å². The van der Waals surface area contributed by atoms with Crippen LogP contribution >= 0.6 is 0 Å². The lowest BCUT2D eigenvalue weighted by Crippen LogP contribution is -2.42. The summed E-state index contributed by atoms with van der Waals surface area (Å²) in [4.78, 5) is 7.18. The number of aryl methyl sites for hydroxylation is 1. The van der Waals surface area contributed by atoms with E-state index in [-0.39, 0.29) is 0 Å². The number of likely N-dealkylation sites (tertiary alicyclic amines) is 1. The number of aromatic nitrogens is 1. The Morgan fingerprint density at radius 3 is 2.71 bits per heavy atom. The van der Waals surface area contributed by atoms with E-state index in [1.54, 1.807) is 0 Å². The van der Waals surface area contributed by atoms with Gasteiger partial charge in [-0.3, -0.25) is 0 Å². The molecule has 0 aliphatic carbocycles. The van der Waals surface area contributed by atoms with E-state index in [1.165, 1.54) is 37.9 Å². The second-order valence-electron chi connectivity index (χ2n) is 5.71. The summed E-state index contributed by atoms with van der Waals surface area (Å²) in [5.74, 6) is 0.915. The highest BCUT2D eigenvalue weighted by Crippen LogP contribution is 2.07. The second kappa shape index (κ2) is 8.72. The van der Waals surface area contributed by atoms with Crippen LogP contribution in [0.4, 0.5) is 0 Å². The molecule has 0 aromatic carbocycles. The molecule has 1 saturated heterocycles. The molecule has 0 radical (unpaired) electrons. The Bertz CT molecular complexity index is 432. The lowest BCUT2D eigenvalue weighted by atomic mass is 10.1. The molecule has 0 saturated carbocycles. The fourth-order valence-corrected chi connectivity index (χ4v) is 2.68. The Labute approximate surface area is 128 Å². The Morgan fingerprint density at radius 2 is 2.05 bits per heavy atom. The summed E-state index contributed by atoms with van der Waals surface area (Å²) in [7, 11) is 2.04. The number of aliphatic imine (C=N–C) groups is 1. The number of hydrogen-bond acceptors (Lipinski definition) is 2. The van der Waals surface area contributed by atoms with Crippen molar-refractivity contribution in [2.24, 2.45) is 12.0 Å². The molecule has 5 heteroatoms. The Morgan fingerprint density at radius 1 is 1.24 bits per heavy atom. The van der Waals surface area contributed by atoms with Crippen LogP contribution in [-0.4, -0.2) is 48.2 Å². The van der Waals surface area contributed by atoms with Gasteiger partial charge in [-0.15, -0.1) is 0 Å². The maximum Gasteiger partial charge on any atom is 0.191 e. The minimum atomic E-state index is 0.722. The molecule has 1 aliphatic rings. The van der Waals surface area contributed by atoms with E-state index in [0.29, 0.717) is 0 Å². The molecule has 0 amide bonds. The summed E-state index contributed by atoms with van der Waals surface area (Å²) < 4.78 is 2.06. The predicted molar refractivity (Wildman–Crippen MR) is 88.5 cm³/mol. The molecule has 1 aliphatic heterocycles. The van der Waals surface area contributed by atoms with Gasteiger partial charge in [0.25, 0.3) is 0 Å². The molecule has 118 valence electrons. The van der Waals surface area contributed by atoms with Crippen molar-refractivity contribution in [1.29, 1.82) is 0 Å². The lowest BCUT2D eigenvalue weighted by Gasteiger charge is -2.26. The first-order valence-corrected chi connectivity index (χ1v) is 8.13. The summed E-state index contributed by atoms with van der Waals surface area (Å²) >= 11 is 0. The van der Waals surface area contributed by atoms with Crippen molar-refractivity contribution in [3.05, 3.63) is 24.0 Å². The van der Waals surface area contributed by atoms with Crippen molar-refractivity contribution in [1.82, 2.24) is 20.1 Å². The van der Waals surface area contributed by atoms with Gasteiger partial charge >= 0.3 is 0 Å². The highest BCUT2D eigenvalue weighted by molar-refractivity contribution is 5.79. The largest absolute Gasteiger partial charge is 0.357 e. The van der Waals surface area contributed by atoms with Crippen molar-refractivity contribution in [2.75, 3.05) is 32.7 Å². The third-order valence-corrected chi connectivity index (χ3v) is 3.83. The summed E-state index contributed by atoms with van der Waals surface area (Å²) in [5.41, 5.74) is 1.24. The van der Waals surface area contributed by atoms with Crippen LogP contribution in [0.2, 0.25) is 0 Å². The molecule has 2 N–H and O–H groups in total. The Kier molecular flexibility index (Phi) is 6.60. The van der Waals surface area contributed by atoms with E-state index in [4.69, 9.17) is 0 Å². The number of piperidine rings is 1. The van der Waals surface area contributed by atoms with Crippen molar-refractivity contribution in [2.45, 2.75) is 32.7 Å². The summed E-state index contributed by atoms with van der Waals surface area (Å²) in [5, 5.41) is 6.75. The van der Waals surface area contributed by atoms with Crippen LogP contribution in [0.15, 0.2) is 23.5 Å². The molecule has 1 aromatic heterocycles. The Hall–Kier alpha value is -1.49. The third-order valence-electron chi connectivity index (χ3n) is 3.83. The number of rotatable bonds is 6. The van der Waals surface area contributed by atoms with Gasteiger partial charge < -0.3 is 20.1 Å². The normalized spacial score (nSPS) is 17.0. The van der Waals surface area contributed by atoms with E-state index < -0.39 is 0 Å². The van der Waals surface area contributed by atoms with E-state index in [0.717, 1.165) is 32.1 Å². The second-order valence-corrected chi connectivity index (χ2v) is 5.71. The first-order chi connectivity index (χ1) is 10.3. The molecule has 0 spiro atoms. The number of hydrogen-bond donors (Lipinski definition) is 2. The fraction of sp³-hybridized carbons (Fsp3) is 0.688. The zero-order valence-electron chi connectivity index (χ0n) is 13.4. The van der Waals surface area contributed by atoms with Crippen molar-refractivity contribution in [3.8, 4) is 0 Å². The average Bonchev–Trinajstić information content (AvgIpc) is 2.91. The number of nitrogens with zero attached hydrogens (tertiary/aromatic N) is 3. The van der Waals surface area contributed by atoms with Crippen molar-refractivity contribution >= 4 is 5.96 Å². The molecule has 1 fully saturated rings. The first kappa shape index (κ1) is 15.9. The zero-order chi connectivity index (χ0) is 14.9. The van der Waals surface area contributed by atoms with Gasteiger partial charge in [-0.25, -0.2) is 4.99 Å². The summed E-state index contributed by atoms with van der Waals surface area (Å²) in [6, 6.07) is 2.11. The van der Waals surface area contributed by atoms with Gasteiger partial charge in [-0.2, -0.15) is 0 Å². The SMILES string of the molecule is CCNC(=NCc1ccn(C)c1)NCCN1CCCCC1. The standard InChI is InChI=1S/C16H29N5/c1-3-17-16(19-13-15-7-11-20(2)14-15)18-8-12-21-9-5-4-6-10-21/h7,11,14H,3-6,8-10,12-13H2,1-2H3,(H2,17,18,19). The average molecular weight is 291 g/mol. The highest BCUT2D eigenvalue weighted by atomic mass is 15.2. The molecule has 5 nitrogen and oxygen atoms in total. The van der Waals surface area contributed by atoms with Crippen LogP contribution in [0.5, 0.6) is 0 Å². The first-order valence-electron chi connectivity index (χ1n) is 8.13. The quantitative estimate of drug-likeness (QED) is 0.618. The Balaban J connectivity index is 1.74. The maximum absolute atomic E-state index is 4.64. The molecule has 2 rings (SSSR count). The molecular formula is C16H29N5. The van der Waals surface area contributed by atoms with Gasteiger partial charge in [0.2, 0.25) is 0 Å². The predicted octanol–water partition coefficient (Wildman–Crippen LogP) is 1.57. The van der Waals surface area contributed by atoms with Crippen molar-refractivity contribution in [3.63, 3.8) is 0 Å². The monoisotopic (exact) mass is 291 g/mol. The highest BCUT2D eigenvalue weighted by Gasteiger charge is 2.09. The van der Waals surface area contributed by atoms with Crippen LogP contribution in [0, 0.1) is 0 Å². The smallest absolute Gasteiger partial charge is 0.191 e. The number of nitrogens with one attached hydrogen (secondary N) is 2. The molecule has 0 unspecified atom stereocenters. The van der Waals surface area contributed by atoms with E-state index in [2.05, 4.69) is 50.5 Å². The van der Waals surface area contributed by atoms with Gasteiger partial charge in [0.1, 0.15) is 0 Å². The van der Waals surface area contributed by atoms with Gasteiger partial charge in [0.15, 0.2) is 5.96 Å². The van der Waals surface area contributed by atoms with E-state index in [1.807, 2.05) is 7.05 Å². The summed E-state index contributed by atoms with van der Waals surface area (Å²) in [6.45, 7) is 8.28. The molecule has 2 heterocycles. The minimum absolute atomic E-state index is 0.722. The fourth-order valence-electron chi connectivity index (χ4n) is 2.68. The van der Waals surface area contributed by atoms with Gasteiger partial charge in [-0.1, -0.05) is 6.42 Å². The maximum atomic E-state index is 4.64. The van der Waals surface area contributed by atoms with Crippen LogP contribution in [0.3, 0.4) is 0 Å². The minimum Gasteiger partial charge on any atom is -0.357 e. The molecule has 0 bridgehead atoms. The van der Waals surface area contributed by atoms with Gasteiger partial charge in [0.05, 0.1) is 6.54 Å². The van der Waals surface area contributed by atoms with E-state index >= 15 is 0 Å². The summed E-state index contributed by atoms with van der Waals surface area (Å²) in [6.07, 6.45) is 8.26. The van der Waals surface area contributed by atoms with E-state index in [9.17, 15) is 0 Å². The number of guanidine groups is 1. The third kappa shape index (κ3) is 5.79. The van der Waals surface area contributed by atoms with Crippen LogP contribution in [-0.2, 0) is 13.6 Å². The van der Waals surface area contributed by atoms with Crippen molar-refractivity contribution < 1.29 is 0 Å². The molecule has 21 heavy (non-hydrogen) atoms. The van der Waals surface area contributed by atoms with Crippen LogP contribution < -0.4 is 10.6 Å². The molecule has 1 aromatic rings. The molecule has 0 atom stereocenters. The van der Waals surface area contributed by atoms with Crippen LogP contribution in [0.25, 0.3) is 0 Å².